The van der Waals surface area contributed by atoms with Crippen LogP contribution in [0, 0.1) is 11.8 Å². The van der Waals surface area contributed by atoms with Gasteiger partial charge in [0.1, 0.15) is 6.04 Å². The summed E-state index contributed by atoms with van der Waals surface area (Å²) in [6.45, 7) is 1.36. The molecular formula is C10H10F2N2O3. The van der Waals surface area contributed by atoms with Gasteiger partial charge in [-0.05, 0) is 13.0 Å². The molecule has 7 heteroatoms. The van der Waals surface area contributed by atoms with E-state index in [1.165, 1.54) is 6.92 Å². The van der Waals surface area contributed by atoms with Crippen molar-refractivity contribution in [3.63, 3.8) is 0 Å². The Labute approximate surface area is 95.8 Å². The van der Waals surface area contributed by atoms with E-state index < -0.39 is 35.2 Å². The molecule has 5 nitrogen and oxygen atoms in total. The van der Waals surface area contributed by atoms with Crippen LogP contribution < -0.4 is 5.32 Å². The first-order chi connectivity index (χ1) is 7.97. The molecule has 0 bridgehead atoms. The number of carbonyl (C=O) groups is 2. The molecule has 0 aliphatic carbocycles. The van der Waals surface area contributed by atoms with Crippen LogP contribution in [-0.4, -0.2) is 30.0 Å². The number of methoxy groups -OCH3 is 1. The first kappa shape index (κ1) is 13.0. The summed E-state index contributed by atoms with van der Waals surface area (Å²) in [4.78, 5) is 25.5. The second-order valence-electron chi connectivity index (χ2n) is 3.18. The van der Waals surface area contributed by atoms with Gasteiger partial charge in [0.2, 0.25) is 5.95 Å². The van der Waals surface area contributed by atoms with E-state index in [1.54, 1.807) is 0 Å². The number of ether oxygens (including phenoxy) is 1. The zero-order valence-electron chi connectivity index (χ0n) is 9.16. The van der Waals surface area contributed by atoms with Gasteiger partial charge >= 0.3 is 5.97 Å². The van der Waals surface area contributed by atoms with Gasteiger partial charge in [-0.15, -0.1) is 0 Å². The van der Waals surface area contributed by atoms with Crippen molar-refractivity contribution < 1.29 is 23.1 Å². The van der Waals surface area contributed by atoms with E-state index in [1.807, 2.05) is 0 Å². The Bertz CT molecular complexity index is 451. The fourth-order valence-electron chi connectivity index (χ4n) is 1.10. The second-order valence-corrected chi connectivity index (χ2v) is 3.18. The molecular weight excluding hydrogens is 234 g/mol. The molecule has 1 amide bonds. The van der Waals surface area contributed by atoms with E-state index in [2.05, 4.69) is 15.0 Å². The summed E-state index contributed by atoms with van der Waals surface area (Å²) < 4.78 is 30.3. The number of nitrogens with zero attached hydrogens (tertiary/aromatic N) is 1. The maximum absolute atomic E-state index is 13.2. The van der Waals surface area contributed by atoms with Crippen molar-refractivity contribution in [1.82, 2.24) is 10.3 Å². The topological polar surface area (TPSA) is 68.3 Å². The molecule has 0 radical (unpaired) electrons. The van der Waals surface area contributed by atoms with Gasteiger partial charge in [0.15, 0.2) is 5.82 Å². The lowest BCUT2D eigenvalue weighted by Gasteiger charge is -2.11. The molecule has 1 rings (SSSR count). The predicted octanol–water partition coefficient (Wildman–Crippen LogP) is 0.651. The summed E-state index contributed by atoms with van der Waals surface area (Å²) >= 11 is 0. The molecule has 0 saturated heterocycles. The third-order valence-corrected chi connectivity index (χ3v) is 1.99. The first-order valence-corrected chi connectivity index (χ1v) is 4.66. The third kappa shape index (κ3) is 2.96. The van der Waals surface area contributed by atoms with Crippen LogP contribution in [0.1, 0.15) is 17.3 Å². The number of nitrogens with one attached hydrogen (secondary N) is 1. The highest BCUT2D eigenvalue weighted by molar-refractivity contribution is 5.96. The van der Waals surface area contributed by atoms with Crippen molar-refractivity contribution in [2.45, 2.75) is 13.0 Å². The summed E-state index contributed by atoms with van der Waals surface area (Å²) in [6.07, 6.45) is 0.954. The lowest BCUT2D eigenvalue weighted by Crippen LogP contribution is -2.39. The van der Waals surface area contributed by atoms with Crippen LogP contribution in [-0.2, 0) is 9.53 Å². The number of carbonyl (C=O) groups excluding carboxylic acids is 2. The molecule has 1 N–H and O–H groups in total. The van der Waals surface area contributed by atoms with E-state index in [0.29, 0.717) is 0 Å². The van der Waals surface area contributed by atoms with Crippen molar-refractivity contribution in [2.75, 3.05) is 7.11 Å². The molecule has 0 aromatic carbocycles. The Kier molecular flexibility index (Phi) is 4.08. The first-order valence-electron chi connectivity index (χ1n) is 4.66. The molecule has 92 valence electrons. The Morgan fingerprint density at radius 2 is 2.12 bits per heavy atom. The molecule has 0 saturated carbocycles. The SMILES string of the molecule is COC(=O)[C@H](C)NC(=O)c1ccnc(F)c1F. The number of hydrogen-bond acceptors (Lipinski definition) is 4. The minimum absolute atomic E-state index is 0.520. The van der Waals surface area contributed by atoms with Crippen LogP contribution in [0.5, 0.6) is 0 Å². The summed E-state index contributed by atoms with van der Waals surface area (Å²) in [7, 11) is 1.15. The van der Waals surface area contributed by atoms with Crippen molar-refractivity contribution in [1.29, 1.82) is 0 Å². The summed E-state index contributed by atoms with van der Waals surface area (Å²) in [6, 6.07) is 0.0562. The molecule has 0 unspecified atom stereocenters. The van der Waals surface area contributed by atoms with E-state index in [4.69, 9.17) is 0 Å². The van der Waals surface area contributed by atoms with Gasteiger partial charge in [-0.2, -0.15) is 4.39 Å². The van der Waals surface area contributed by atoms with Gasteiger partial charge in [0.25, 0.3) is 5.91 Å². The van der Waals surface area contributed by atoms with Crippen molar-refractivity contribution in [3.8, 4) is 0 Å². The van der Waals surface area contributed by atoms with Gasteiger partial charge in [-0.25, -0.2) is 14.2 Å². The number of aromatic nitrogens is 1. The third-order valence-electron chi connectivity index (χ3n) is 1.99. The normalized spacial score (nSPS) is 11.8. The number of rotatable bonds is 3. The standard InChI is InChI=1S/C10H10F2N2O3/c1-5(10(16)17-2)14-9(15)6-3-4-13-8(12)7(6)11/h3-5H,1-2H3,(H,14,15)/t5-/m0/s1. The fraction of sp³-hybridized carbons (Fsp3) is 0.300. The summed E-state index contributed by atoms with van der Waals surface area (Å²) in [5.41, 5.74) is -0.520. The highest BCUT2D eigenvalue weighted by Gasteiger charge is 2.20. The van der Waals surface area contributed by atoms with Gasteiger partial charge in [0, 0.05) is 6.20 Å². The van der Waals surface area contributed by atoms with Crippen LogP contribution in [0.3, 0.4) is 0 Å². The molecule has 0 fully saturated rings. The number of esters is 1. The largest absolute Gasteiger partial charge is 0.467 e. The minimum Gasteiger partial charge on any atom is -0.467 e. The maximum atomic E-state index is 13.2. The van der Waals surface area contributed by atoms with Crippen LogP contribution >= 0.6 is 0 Å². The molecule has 1 heterocycles. The quantitative estimate of drug-likeness (QED) is 0.626. The molecule has 1 atom stereocenters. The number of pyridine rings is 1. The number of halogens is 2. The molecule has 0 spiro atoms. The minimum atomic E-state index is -1.37. The smallest absolute Gasteiger partial charge is 0.328 e. The van der Waals surface area contributed by atoms with Gasteiger partial charge < -0.3 is 10.1 Å². The number of amides is 1. The molecule has 0 aliphatic rings. The van der Waals surface area contributed by atoms with E-state index >= 15 is 0 Å². The van der Waals surface area contributed by atoms with Crippen molar-refractivity contribution >= 4 is 11.9 Å². The summed E-state index contributed by atoms with van der Waals surface area (Å²) in [5.74, 6) is -4.33. The Balaban J connectivity index is 2.84. The molecule has 0 aliphatic heterocycles. The Hall–Kier alpha value is -2.05. The fourth-order valence-corrected chi connectivity index (χ4v) is 1.10. The monoisotopic (exact) mass is 244 g/mol. The van der Waals surface area contributed by atoms with Gasteiger partial charge in [-0.3, -0.25) is 4.79 Å². The predicted molar refractivity (Wildman–Crippen MR) is 53.1 cm³/mol. The van der Waals surface area contributed by atoms with Gasteiger partial charge in [0.05, 0.1) is 12.7 Å². The molecule has 17 heavy (non-hydrogen) atoms. The zero-order chi connectivity index (χ0) is 13.0. The highest BCUT2D eigenvalue weighted by Crippen LogP contribution is 2.08. The van der Waals surface area contributed by atoms with Crippen LogP contribution in [0.15, 0.2) is 12.3 Å². The van der Waals surface area contributed by atoms with Crippen LogP contribution in [0.2, 0.25) is 0 Å². The lowest BCUT2D eigenvalue weighted by atomic mass is 10.2. The maximum Gasteiger partial charge on any atom is 0.328 e. The Morgan fingerprint density at radius 1 is 1.47 bits per heavy atom. The average Bonchev–Trinajstić information content (AvgIpc) is 2.31. The second kappa shape index (κ2) is 5.33. The molecule has 1 aromatic heterocycles. The van der Waals surface area contributed by atoms with Crippen molar-refractivity contribution in [3.05, 3.63) is 29.6 Å². The van der Waals surface area contributed by atoms with E-state index in [-0.39, 0.29) is 0 Å². The van der Waals surface area contributed by atoms with Crippen LogP contribution in [0.4, 0.5) is 8.78 Å². The Morgan fingerprint density at radius 3 is 2.71 bits per heavy atom. The lowest BCUT2D eigenvalue weighted by molar-refractivity contribution is -0.142. The zero-order valence-corrected chi connectivity index (χ0v) is 9.16. The summed E-state index contributed by atoms with van der Waals surface area (Å²) in [5, 5.41) is 2.17. The average molecular weight is 244 g/mol. The molecule has 1 aromatic rings. The number of hydrogen-bond donors (Lipinski definition) is 1. The van der Waals surface area contributed by atoms with Gasteiger partial charge in [-0.1, -0.05) is 0 Å². The highest BCUT2D eigenvalue weighted by atomic mass is 19.2. The van der Waals surface area contributed by atoms with Crippen molar-refractivity contribution in [2.24, 2.45) is 0 Å². The van der Waals surface area contributed by atoms with E-state index in [0.717, 1.165) is 19.4 Å². The van der Waals surface area contributed by atoms with Crippen LogP contribution in [0.25, 0.3) is 0 Å². The van der Waals surface area contributed by atoms with E-state index in [9.17, 15) is 18.4 Å².